The minimum Gasteiger partial charge on any atom is -0.389 e. The van der Waals surface area contributed by atoms with Gasteiger partial charge in [0.2, 0.25) is 0 Å². The molecule has 0 amide bonds. The van der Waals surface area contributed by atoms with Crippen LogP contribution in [0.1, 0.15) is 32.5 Å². The van der Waals surface area contributed by atoms with E-state index in [1.807, 2.05) is 24.9 Å². The molecule has 0 aliphatic carbocycles. The first-order valence-electron chi connectivity index (χ1n) is 6.98. The highest BCUT2D eigenvalue weighted by atomic mass is 16.5. The van der Waals surface area contributed by atoms with Gasteiger partial charge in [-0.15, -0.1) is 0 Å². The molecule has 20 heavy (non-hydrogen) atoms. The molecule has 2 N–H and O–H groups in total. The zero-order chi connectivity index (χ0) is 15.1. The van der Waals surface area contributed by atoms with Crippen molar-refractivity contribution in [1.82, 2.24) is 9.97 Å². The van der Waals surface area contributed by atoms with Crippen molar-refractivity contribution in [2.75, 3.05) is 44.1 Å². The normalized spacial score (nSPS) is 12.6. The lowest BCUT2D eigenvalue weighted by atomic mass is 10.2. The first kappa shape index (κ1) is 16.7. The van der Waals surface area contributed by atoms with Crippen molar-refractivity contribution >= 4 is 11.6 Å². The van der Waals surface area contributed by atoms with Crippen LogP contribution in [0.25, 0.3) is 0 Å². The molecule has 0 bridgehead atoms. The van der Waals surface area contributed by atoms with E-state index >= 15 is 0 Å². The van der Waals surface area contributed by atoms with Crippen LogP contribution in [0.5, 0.6) is 0 Å². The number of anilines is 2. The Morgan fingerprint density at radius 3 is 2.65 bits per heavy atom. The van der Waals surface area contributed by atoms with Gasteiger partial charge in [-0.2, -0.15) is 0 Å². The van der Waals surface area contributed by atoms with Gasteiger partial charge >= 0.3 is 0 Å². The molecule has 1 heterocycles. The highest BCUT2D eigenvalue weighted by molar-refractivity contribution is 5.49. The molecule has 0 saturated carbocycles. The number of aliphatic hydroxyl groups excluding tert-OH is 1. The van der Waals surface area contributed by atoms with Crippen LogP contribution in [-0.2, 0) is 4.74 Å². The van der Waals surface area contributed by atoms with Crippen LogP contribution < -0.4 is 10.2 Å². The Kier molecular flexibility index (Phi) is 6.67. The summed E-state index contributed by atoms with van der Waals surface area (Å²) < 4.78 is 4.94. The van der Waals surface area contributed by atoms with E-state index in [1.165, 1.54) is 0 Å². The average Bonchev–Trinajstić information content (AvgIpc) is 2.38. The van der Waals surface area contributed by atoms with E-state index in [0.29, 0.717) is 13.2 Å². The maximum absolute atomic E-state index is 9.81. The van der Waals surface area contributed by atoms with Crippen molar-refractivity contribution in [2.45, 2.75) is 32.8 Å². The second-order valence-electron chi connectivity index (χ2n) is 5.14. The molecule has 1 atom stereocenters. The Hall–Kier alpha value is -1.40. The van der Waals surface area contributed by atoms with Gasteiger partial charge < -0.3 is 20.1 Å². The van der Waals surface area contributed by atoms with E-state index in [1.54, 1.807) is 7.11 Å². The summed E-state index contributed by atoms with van der Waals surface area (Å²) in [7, 11) is 3.48. The van der Waals surface area contributed by atoms with E-state index in [2.05, 4.69) is 29.1 Å². The van der Waals surface area contributed by atoms with E-state index in [0.717, 1.165) is 24.0 Å². The predicted molar refractivity (Wildman–Crippen MR) is 81.4 cm³/mol. The van der Waals surface area contributed by atoms with Crippen LogP contribution >= 0.6 is 0 Å². The van der Waals surface area contributed by atoms with Gasteiger partial charge in [-0.05, 0) is 6.92 Å². The number of hydrogen-bond acceptors (Lipinski definition) is 6. The molecule has 0 aliphatic heterocycles. The summed E-state index contributed by atoms with van der Waals surface area (Å²) in [6, 6.07) is 1.90. The zero-order valence-corrected chi connectivity index (χ0v) is 13.1. The Labute approximate surface area is 121 Å². The molecular weight excluding hydrogens is 256 g/mol. The molecule has 0 aliphatic rings. The predicted octanol–water partition coefficient (Wildman–Crippen LogP) is 1.48. The summed E-state index contributed by atoms with van der Waals surface area (Å²) in [6.45, 7) is 7.75. The van der Waals surface area contributed by atoms with Gasteiger partial charge in [0.25, 0.3) is 0 Å². The third kappa shape index (κ3) is 4.94. The number of aliphatic hydroxyl groups is 1. The molecule has 0 aromatic carbocycles. The van der Waals surface area contributed by atoms with Crippen LogP contribution in [0.4, 0.5) is 11.6 Å². The Morgan fingerprint density at radius 2 is 2.10 bits per heavy atom. The minimum absolute atomic E-state index is 0.254. The lowest BCUT2D eigenvalue weighted by Gasteiger charge is -2.23. The SMILES string of the molecule is CCNc1cc(N(C)CC(O)COC)nc(C(C)C)n1. The molecule has 0 fully saturated rings. The standard InChI is InChI=1S/C14H26N4O2/c1-6-15-12-7-13(17-14(16-12)10(2)3)18(4)8-11(19)9-20-5/h7,10-11,19H,6,8-9H2,1-5H3,(H,15,16,17). The van der Waals surface area contributed by atoms with Crippen molar-refractivity contribution in [2.24, 2.45) is 0 Å². The van der Waals surface area contributed by atoms with E-state index in [4.69, 9.17) is 4.74 Å². The van der Waals surface area contributed by atoms with Crippen molar-refractivity contribution < 1.29 is 9.84 Å². The van der Waals surface area contributed by atoms with Crippen molar-refractivity contribution in [1.29, 1.82) is 0 Å². The third-order valence-corrected chi connectivity index (χ3v) is 2.84. The van der Waals surface area contributed by atoms with Crippen LogP contribution in [0.3, 0.4) is 0 Å². The van der Waals surface area contributed by atoms with Crippen molar-refractivity contribution in [3.05, 3.63) is 11.9 Å². The maximum atomic E-state index is 9.81. The van der Waals surface area contributed by atoms with Crippen molar-refractivity contribution in [3.8, 4) is 0 Å². The van der Waals surface area contributed by atoms with Gasteiger partial charge in [-0.1, -0.05) is 13.8 Å². The average molecular weight is 282 g/mol. The fraction of sp³-hybridized carbons (Fsp3) is 0.714. The fourth-order valence-electron chi connectivity index (χ4n) is 1.83. The van der Waals surface area contributed by atoms with Gasteiger partial charge in [0, 0.05) is 39.2 Å². The number of aromatic nitrogens is 2. The molecule has 0 saturated heterocycles. The number of ether oxygens (including phenoxy) is 1. The lowest BCUT2D eigenvalue weighted by Crippen LogP contribution is -2.32. The molecule has 0 radical (unpaired) electrons. The summed E-state index contributed by atoms with van der Waals surface area (Å²) >= 11 is 0. The molecule has 1 rings (SSSR count). The van der Waals surface area contributed by atoms with Gasteiger partial charge in [0.15, 0.2) is 0 Å². The smallest absolute Gasteiger partial charge is 0.135 e. The maximum Gasteiger partial charge on any atom is 0.135 e. The largest absolute Gasteiger partial charge is 0.389 e. The van der Waals surface area contributed by atoms with E-state index in [9.17, 15) is 5.11 Å². The summed E-state index contributed by atoms with van der Waals surface area (Å²) in [5.41, 5.74) is 0. The number of methoxy groups -OCH3 is 1. The topological polar surface area (TPSA) is 70.5 Å². The summed E-state index contributed by atoms with van der Waals surface area (Å²) in [4.78, 5) is 11.0. The van der Waals surface area contributed by atoms with Gasteiger partial charge in [-0.3, -0.25) is 0 Å². The third-order valence-electron chi connectivity index (χ3n) is 2.84. The van der Waals surface area contributed by atoms with Crippen LogP contribution in [0.2, 0.25) is 0 Å². The summed E-state index contributed by atoms with van der Waals surface area (Å²) in [6.07, 6.45) is -0.537. The molecule has 114 valence electrons. The lowest BCUT2D eigenvalue weighted by molar-refractivity contribution is 0.0694. The summed E-state index contributed by atoms with van der Waals surface area (Å²) in [5.74, 6) is 2.67. The quantitative estimate of drug-likeness (QED) is 0.752. The Balaban J connectivity index is 2.91. The highest BCUT2D eigenvalue weighted by Crippen LogP contribution is 2.19. The first-order valence-corrected chi connectivity index (χ1v) is 6.98. The number of likely N-dealkylation sites (N-methyl/N-ethyl adjacent to an activating group) is 1. The Bertz CT molecular complexity index is 412. The van der Waals surface area contributed by atoms with Gasteiger partial charge in [-0.25, -0.2) is 9.97 Å². The second kappa shape index (κ2) is 8.01. The Morgan fingerprint density at radius 1 is 1.40 bits per heavy atom. The molecule has 1 aromatic heterocycles. The zero-order valence-electron chi connectivity index (χ0n) is 13.1. The molecule has 6 heteroatoms. The van der Waals surface area contributed by atoms with E-state index < -0.39 is 6.10 Å². The molecule has 0 spiro atoms. The van der Waals surface area contributed by atoms with E-state index in [-0.39, 0.29) is 5.92 Å². The monoisotopic (exact) mass is 282 g/mol. The number of rotatable bonds is 8. The second-order valence-corrected chi connectivity index (χ2v) is 5.14. The van der Waals surface area contributed by atoms with Crippen LogP contribution in [-0.4, -0.2) is 55.0 Å². The minimum atomic E-state index is -0.537. The molecular formula is C14H26N4O2. The van der Waals surface area contributed by atoms with Crippen LogP contribution in [0, 0.1) is 0 Å². The molecule has 1 unspecified atom stereocenters. The molecule has 1 aromatic rings. The highest BCUT2D eigenvalue weighted by Gasteiger charge is 2.13. The number of nitrogens with one attached hydrogen (secondary N) is 1. The van der Waals surface area contributed by atoms with Crippen molar-refractivity contribution in [3.63, 3.8) is 0 Å². The van der Waals surface area contributed by atoms with Gasteiger partial charge in [0.1, 0.15) is 17.5 Å². The van der Waals surface area contributed by atoms with Crippen LogP contribution in [0.15, 0.2) is 6.07 Å². The first-order chi connectivity index (χ1) is 9.47. The molecule has 6 nitrogen and oxygen atoms in total. The number of nitrogens with zero attached hydrogens (tertiary/aromatic N) is 3. The number of hydrogen-bond donors (Lipinski definition) is 2. The summed E-state index contributed by atoms with van der Waals surface area (Å²) in [5, 5.41) is 13.0. The van der Waals surface area contributed by atoms with Gasteiger partial charge in [0.05, 0.1) is 12.7 Å². The fourth-order valence-corrected chi connectivity index (χ4v) is 1.83.